The second-order valence-corrected chi connectivity index (χ2v) is 5.28. The summed E-state index contributed by atoms with van der Waals surface area (Å²) < 4.78 is 0. The lowest BCUT2D eigenvalue weighted by Crippen LogP contribution is -2.44. The van der Waals surface area contributed by atoms with Crippen LogP contribution in [-0.2, 0) is 0 Å². The second kappa shape index (κ2) is 4.19. The molecule has 1 saturated heterocycles. The van der Waals surface area contributed by atoms with Crippen molar-refractivity contribution in [2.45, 2.75) is 45.1 Å². The van der Waals surface area contributed by atoms with Gasteiger partial charge in [-0.05, 0) is 44.7 Å². The van der Waals surface area contributed by atoms with Gasteiger partial charge in [-0.25, -0.2) is 0 Å². The van der Waals surface area contributed by atoms with Gasteiger partial charge in [0, 0.05) is 19.1 Å². The lowest BCUT2D eigenvalue weighted by molar-refractivity contribution is 0.0989. The third-order valence-electron chi connectivity index (χ3n) is 4.36. The molecule has 1 unspecified atom stereocenters. The van der Waals surface area contributed by atoms with E-state index < -0.39 is 0 Å². The summed E-state index contributed by atoms with van der Waals surface area (Å²) in [6.45, 7) is 6.12. The highest BCUT2D eigenvalue weighted by atomic mass is 15.2. The molecule has 0 aromatic heterocycles. The average Bonchev–Trinajstić information content (AvgIpc) is 2.50. The van der Waals surface area contributed by atoms with Crippen LogP contribution in [0.25, 0.3) is 0 Å². The quantitative estimate of drug-likeness (QED) is 0.738. The molecule has 1 N–H and O–H groups in total. The van der Waals surface area contributed by atoms with E-state index in [1.807, 2.05) is 0 Å². The lowest BCUT2D eigenvalue weighted by Gasteiger charge is -2.40. The molecule has 0 spiro atoms. The number of nitrogens with one attached hydrogen (secondary N) is 1. The van der Waals surface area contributed by atoms with E-state index >= 15 is 0 Å². The van der Waals surface area contributed by atoms with Crippen molar-refractivity contribution in [1.82, 2.24) is 10.2 Å². The van der Waals surface area contributed by atoms with Gasteiger partial charge >= 0.3 is 0 Å². The Kier molecular flexibility index (Phi) is 3.13. The van der Waals surface area contributed by atoms with Gasteiger partial charge in [0.25, 0.3) is 0 Å². The molecule has 0 amide bonds. The molecule has 2 heteroatoms. The summed E-state index contributed by atoms with van der Waals surface area (Å²) in [5.41, 5.74) is 0.588. The summed E-state index contributed by atoms with van der Waals surface area (Å²) in [7, 11) is 2.32. The fraction of sp³-hybridized carbons (Fsp3) is 1.00. The molecule has 1 aliphatic heterocycles. The molecule has 2 rings (SSSR count). The Labute approximate surface area is 88.1 Å². The van der Waals surface area contributed by atoms with Gasteiger partial charge in [-0.1, -0.05) is 13.3 Å². The largest absolute Gasteiger partial charge is 0.316 e. The molecule has 2 nitrogen and oxygen atoms in total. The Bertz CT molecular complexity index is 181. The molecule has 14 heavy (non-hydrogen) atoms. The van der Waals surface area contributed by atoms with E-state index in [2.05, 4.69) is 24.2 Å². The highest BCUT2D eigenvalue weighted by Crippen LogP contribution is 2.33. The fourth-order valence-corrected chi connectivity index (χ4v) is 2.83. The van der Waals surface area contributed by atoms with Crippen LogP contribution in [0.15, 0.2) is 0 Å². The Morgan fingerprint density at radius 1 is 1.43 bits per heavy atom. The summed E-state index contributed by atoms with van der Waals surface area (Å²) in [6.07, 6.45) is 7.03. The first-order valence-corrected chi connectivity index (χ1v) is 6.17. The monoisotopic (exact) mass is 196 g/mol. The summed E-state index contributed by atoms with van der Waals surface area (Å²) >= 11 is 0. The van der Waals surface area contributed by atoms with Crippen LogP contribution in [0.3, 0.4) is 0 Å². The SMILES string of the molecule is CCC1(CN(C)C2CCC2)CCNC1. The molecule has 1 heterocycles. The molecule has 0 aromatic carbocycles. The van der Waals surface area contributed by atoms with Gasteiger partial charge in [0.15, 0.2) is 0 Å². The van der Waals surface area contributed by atoms with E-state index in [0.29, 0.717) is 5.41 Å². The standard InChI is InChI=1S/C12H24N2/c1-3-12(7-8-13-9-12)10-14(2)11-5-4-6-11/h11,13H,3-10H2,1-2H3. The molecular weight excluding hydrogens is 172 g/mol. The van der Waals surface area contributed by atoms with Crippen LogP contribution in [0.1, 0.15) is 39.0 Å². The van der Waals surface area contributed by atoms with Crippen molar-refractivity contribution in [3.8, 4) is 0 Å². The van der Waals surface area contributed by atoms with Crippen molar-refractivity contribution >= 4 is 0 Å². The van der Waals surface area contributed by atoms with Crippen molar-refractivity contribution in [3.05, 3.63) is 0 Å². The maximum absolute atomic E-state index is 3.52. The van der Waals surface area contributed by atoms with Gasteiger partial charge in [0.1, 0.15) is 0 Å². The van der Waals surface area contributed by atoms with E-state index in [1.165, 1.54) is 51.7 Å². The van der Waals surface area contributed by atoms with E-state index in [9.17, 15) is 0 Å². The third-order valence-corrected chi connectivity index (χ3v) is 4.36. The zero-order chi connectivity index (χ0) is 10.0. The molecule has 0 aromatic rings. The van der Waals surface area contributed by atoms with Crippen molar-refractivity contribution in [3.63, 3.8) is 0 Å². The zero-order valence-corrected chi connectivity index (χ0v) is 9.68. The molecule has 1 saturated carbocycles. The highest BCUT2D eigenvalue weighted by molar-refractivity contribution is 4.91. The first kappa shape index (κ1) is 10.4. The lowest BCUT2D eigenvalue weighted by atomic mass is 9.82. The number of hydrogen-bond acceptors (Lipinski definition) is 2. The number of nitrogens with zero attached hydrogens (tertiary/aromatic N) is 1. The van der Waals surface area contributed by atoms with Gasteiger partial charge in [-0.3, -0.25) is 0 Å². The van der Waals surface area contributed by atoms with Gasteiger partial charge in [0.05, 0.1) is 0 Å². The molecule has 1 atom stereocenters. The first-order chi connectivity index (χ1) is 6.76. The minimum atomic E-state index is 0.588. The fourth-order valence-electron chi connectivity index (χ4n) is 2.83. The van der Waals surface area contributed by atoms with Crippen molar-refractivity contribution in [1.29, 1.82) is 0 Å². The molecule has 82 valence electrons. The Morgan fingerprint density at radius 3 is 2.64 bits per heavy atom. The van der Waals surface area contributed by atoms with Crippen molar-refractivity contribution in [2.24, 2.45) is 5.41 Å². The van der Waals surface area contributed by atoms with E-state index in [0.717, 1.165) is 6.04 Å². The maximum atomic E-state index is 3.52. The Balaban J connectivity index is 1.86. The second-order valence-electron chi connectivity index (χ2n) is 5.28. The normalized spacial score (nSPS) is 33.6. The van der Waals surface area contributed by atoms with Crippen LogP contribution in [-0.4, -0.2) is 37.6 Å². The summed E-state index contributed by atoms with van der Waals surface area (Å²) in [5, 5.41) is 3.52. The Morgan fingerprint density at radius 2 is 2.21 bits per heavy atom. The molecule has 2 fully saturated rings. The van der Waals surface area contributed by atoms with Crippen LogP contribution in [0.5, 0.6) is 0 Å². The van der Waals surface area contributed by atoms with Gasteiger partial charge in [0.2, 0.25) is 0 Å². The van der Waals surface area contributed by atoms with Crippen LogP contribution in [0.4, 0.5) is 0 Å². The Hall–Kier alpha value is -0.0800. The summed E-state index contributed by atoms with van der Waals surface area (Å²) in [4.78, 5) is 2.61. The molecule has 1 aliphatic carbocycles. The van der Waals surface area contributed by atoms with Gasteiger partial charge in [-0.2, -0.15) is 0 Å². The number of rotatable bonds is 4. The smallest absolute Gasteiger partial charge is 0.00924 e. The van der Waals surface area contributed by atoms with Crippen molar-refractivity contribution in [2.75, 3.05) is 26.7 Å². The van der Waals surface area contributed by atoms with E-state index in [1.54, 1.807) is 0 Å². The highest BCUT2D eigenvalue weighted by Gasteiger charge is 2.35. The molecule has 0 radical (unpaired) electrons. The van der Waals surface area contributed by atoms with Gasteiger partial charge < -0.3 is 10.2 Å². The molecule has 0 bridgehead atoms. The van der Waals surface area contributed by atoms with E-state index in [-0.39, 0.29) is 0 Å². The minimum absolute atomic E-state index is 0.588. The summed E-state index contributed by atoms with van der Waals surface area (Å²) in [6, 6.07) is 0.902. The predicted molar refractivity (Wildman–Crippen MR) is 60.5 cm³/mol. The molecular formula is C12H24N2. The maximum Gasteiger partial charge on any atom is 0.00924 e. The predicted octanol–water partition coefficient (Wildman–Crippen LogP) is 1.86. The topological polar surface area (TPSA) is 15.3 Å². The number of hydrogen-bond donors (Lipinski definition) is 1. The van der Waals surface area contributed by atoms with Crippen molar-refractivity contribution < 1.29 is 0 Å². The van der Waals surface area contributed by atoms with Crippen LogP contribution in [0.2, 0.25) is 0 Å². The minimum Gasteiger partial charge on any atom is -0.316 e. The molecule has 2 aliphatic rings. The van der Waals surface area contributed by atoms with Crippen LogP contribution >= 0.6 is 0 Å². The third kappa shape index (κ3) is 1.96. The summed E-state index contributed by atoms with van der Waals surface area (Å²) in [5.74, 6) is 0. The average molecular weight is 196 g/mol. The van der Waals surface area contributed by atoms with Crippen LogP contribution < -0.4 is 5.32 Å². The van der Waals surface area contributed by atoms with E-state index in [4.69, 9.17) is 0 Å². The van der Waals surface area contributed by atoms with Crippen LogP contribution in [0, 0.1) is 5.41 Å². The first-order valence-electron chi connectivity index (χ1n) is 6.17. The zero-order valence-electron chi connectivity index (χ0n) is 9.68. The van der Waals surface area contributed by atoms with Gasteiger partial charge in [-0.15, -0.1) is 0 Å².